The van der Waals surface area contributed by atoms with E-state index in [4.69, 9.17) is 16.3 Å². The predicted molar refractivity (Wildman–Crippen MR) is 61.1 cm³/mol. The highest BCUT2D eigenvalue weighted by molar-refractivity contribution is 6.31. The third-order valence-corrected chi connectivity index (χ3v) is 2.76. The van der Waals surface area contributed by atoms with Gasteiger partial charge in [-0.25, -0.2) is 4.79 Å². The van der Waals surface area contributed by atoms with Crippen molar-refractivity contribution in [2.45, 2.75) is 12.8 Å². The van der Waals surface area contributed by atoms with Crippen LogP contribution >= 0.6 is 11.6 Å². The van der Waals surface area contributed by atoms with E-state index in [1.54, 1.807) is 0 Å². The summed E-state index contributed by atoms with van der Waals surface area (Å²) in [6.07, 6.45) is 2.09. The topological polar surface area (TPSA) is 69.4 Å². The molecule has 0 saturated heterocycles. The minimum Gasteiger partial charge on any atom is -0.462 e. The fourth-order valence-electron chi connectivity index (χ4n) is 1.39. The molecular formula is C11H10ClNO4. The lowest BCUT2D eigenvalue weighted by atomic mass is 10.2. The van der Waals surface area contributed by atoms with Gasteiger partial charge >= 0.3 is 5.97 Å². The van der Waals surface area contributed by atoms with Gasteiger partial charge in [-0.05, 0) is 30.9 Å². The molecule has 0 spiro atoms. The third kappa shape index (κ3) is 2.94. The van der Waals surface area contributed by atoms with Gasteiger partial charge in [0.1, 0.15) is 5.56 Å². The minimum absolute atomic E-state index is 0.0943. The fraction of sp³-hybridized carbons (Fsp3) is 0.364. The lowest BCUT2D eigenvalue weighted by Crippen LogP contribution is -2.10. The molecule has 17 heavy (non-hydrogen) atoms. The maximum Gasteiger partial charge on any atom is 0.345 e. The summed E-state index contributed by atoms with van der Waals surface area (Å²) in [5.41, 5.74) is -0.377. The lowest BCUT2D eigenvalue weighted by molar-refractivity contribution is -0.385. The normalized spacial score (nSPS) is 14.4. The predicted octanol–water partition coefficient (Wildman–Crippen LogP) is 2.82. The first-order valence-corrected chi connectivity index (χ1v) is 5.57. The molecule has 1 aromatic carbocycles. The van der Waals surface area contributed by atoms with Crippen LogP contribution in [-0.2, 0) is 4.74 Å². The average molecular weight is 256 g/mol. The summed E-state index contributed by atoms with van der Waals surface area (Å²) < 4.78 is 5.00. The number of esters is 1. The SMILES string of the molecule is O=C(OCC1CC1)c1cc(Cl)ccc1[N+](=O)[O-]. The van der Waals surface area contributed by atoms with Crippen molar-refractivity contribution in [2.24, 2.45) is 5.92 Å². The molecule has 0 aliphatic heterocycles. The molecule has 0 N–H and O–H groups in total. The fourth-order valence-corrected chi connectivity index (χ4v) is 1.56. The summed E-state index contributed by atoms with van der Waals surface area (Å²) >= 11 is 5.71. The summed E-state index contributed by atoms with van der Waals surface area (Å²) in [6.45, 7) is 0.322. The Bertz CT molecular complexity index is 471. The molecule has 90 valence electrons. The van der Waals surface area contributed by atoms with E-state index in [0.717, 1.165) is 12.8 Å². The van der Waals surface area contributed by atoms with E-state index in [0.29, 0.717) is 12.5 Å². The molecule has 0 atom stereocenters. The van der Waals surface area contributed by atoms with Gasteiger partial charge in [-0.2, -0.15) is 0 Å². The van der Waals surface area contributed by atoms with Crippen LogP contribution < -0.4 is 0 Å². The maximum atomic E-state index is 11.7. The molecular weight excluding hydrogens is 246 g/mol. The molecule has 1 aliphatic rings. The molecule has 0 radical (unpaired) electrons. The summed E-state index contributed by atoms with van der Waals surface area (Å²) in [4.78, 5) is 21.8. The van der Waals surface area contributed by atoms with Crippen LogP contribution in [0.3, 0.4) is 0 Å². The highest BCUT2D eigenvalue weighted by atomic mass is 35.5. The second-order valence-corrected chi connectivity index (χ2v) is 4.40. The van der Waals surface area contributed by atoms with Gasteiger partial charge in [-0.15, -0.1) is 0 Å². The largest absolute Gasteiger partial charge is 0.462 e. The second kappa shape index (κ2) is 4.71. The van der Waals surface area contributed by atoms with Crippen LogP contribution in [0.4, 0.5) is 5.69 Å². The van der Waals surface area contributed by atoms with E-state index < -0.39 is 10.9 Å². The van der Waals surface area contributed by atoms with Crippen molar-refractivity contribution in [3.63, 3.8) is 0 Å². The Hall–Kier alpha value is -1.62. The van der Waals surface area contributed by atoms with Crippen molar-refractivity contribution in [2.75, 3.05) is 6.61 Å². The van der Waals surface area contributed by atoms with Crippen molar-refractivity contribution in [1.82, 2.24) is 0 Å². The van der Waals surface area contributed by atoms with Crippen LogP contribution in [-0.4, -0.2) is 17.5 Å². The Kier molecular flexibility index (Phi) is 3.28. The van der Waals surface area contributed by atoms with Crippen molar-refractivity contribution in [3.05, 3.63) is 38.9 Å². The van der Waals surface area contributed by atoms with Crippen LogP contribution in [0.1, 0.15) is 23.2 Å². The van der Waals surface area contributed by atoms with Gasteiger partial charge in [0.2, 0.25) is 0 Å². The first-order valence-electron chi connectivity index (χ1n) is 5.19. The van der Waals surface area contributed by atoms with E-state index in [-0.39, 0.29) is 16.3 Å². The summed E-state index contributed by atoms with van der Waals surface area (Å²) in [6, 6.07) is 3.84. The molecule has 5 nitrogen and oxygen atoms in total. The van der Waals surface area contributed by atoms with Gasteiger partial charge < -0.3 is 4.74 Å². The number of carbonyl (C=O) groups excluding carboxylic acids is 1. The maximum absolute atomic E-state index is 11.7. The quantitative estimate of drug-likeness (QED) is 0.471. The Balaban J connectivity index is 2.18. The molecule has 2 rings (SSSR count). The molecule has 1 aromatic rings. The van der Waals surface area contributed by atoms with E-state index in [1.807, 2.05) is 0 Å². The Morgan fingerprint density at radius 1 is 1.53 bits per heavy atom. The van der Waals surface area contributed by atoms with Crippen LogP contribution in [0.2, 0.25) is 5.02 Å². The summed E-state index contributed by atoms with van der Waals surface area (Å²) in [5.74, 6) is -0.275. The van der Waals surface area contributed by atoms with Crippen molar-refractivity contribution in [3.8, 4) is 0 Å². The molecule has 0 unspecified atom stereocenters. The molecule has 1 fully saturated rings. The zero-order valence-corrected chi connectivity index (χ0v) is 9.64. The Morgan fingerprint density at radius 3 is 2.82 bits per heavy atom. The lowest BCUT2D eigenvalue weighted by Gasteiger charge is -2.04. The van der Waals surface area contributed by atoms with Crippen molar-refractivity contribution in [1.29, 1.82) is 0 Å². The molecule has 1 aliphatic carbocycles. The first kappa shape index (κ1) is 11.9. The average Bonchev–Trinajstić information content (AvgIpc) is 3.09. The molecule has 6 heteroatoms. The number of halogens is 1. The van der Waals surface area contributed by atoms with Crippen molar-refractivity contribution >= 4 is 23.3 Å². The van der Waals surface area contributed by atoms with Gasteiger partial charge in [0.05, 0.1) is 11.5 Å². The van der Waals surface area contributed by atoms with Crippen LogP contribution in [0.25, 0.3) is 0 Å². The number of ether oxygens (including phenoxy) is 1. The number of rotatable bonds is 4. The molecule has 0 amide bonds. The van der Waals surface area contributed by atoms with Gasteiger partial charge in [0.15, 0.2) is 0 Å². The van der Waals surface area contributed by atoms with Crippen molar-refractivity contribution < 1.29 is 14.5 Å². The molecule has 0 heterocycles. The van der Waals surface area contributed by atoms with E-state index >= 15 is 0 Å². The summed E-state index contributed by atoms with van der Waals surface area (Å²) in [5, 5.41) is 11.0. The zero-order chi connectivity index (χ0) is 12.4. The highest BCUT2D eigenvalue weighted by Gasteiger charge is 2.26. The Morgan fingerprint density at radius 2 is 2.24 bits per heavy atom. The van der Waals surface area contributed by atoms with E-state index in [2.05, 4.69) is 0 Å². The zero-order valence-electron chi connectivity index (χ0n) is 8.89. The smallest absolute Gasteiger partial charge is 0.345 e. The first-order chi connectivity index (χ1) is 8.08. The number of carbonyl (C=O) groups is 1. The van der Waals surface area contributed by atoms with Crippen LogP contribution in [0.5, 0.6) is 0 Å². The van der Waals surface area contributed by atoms with Crippen LogP contribution in [0.15, 0.2) is 18.2 Å². The highest BCUT2D eigenvalue weighted by Crippen LogP contribution is 2.30. The van der Waals surface area contributed by atoms with Gasteiger partial charge in [0.25, 0.3) is 5.69 Å². The molecule has 0 aromatic heterocycles. The second-order valence-electron chi connectivity index (χ2n) is 3.96. The number of nitro groups is 1. The van der Waals surface area contributed by atoms with Gasteiger partial charge in [-0.3, -0.25) is 10.1 Å². The van der Waals surface area contributed by atoms with Gasteiger partial charge in [-0.1, -0.05) is 11.6 Å². The molecule has 0 bridgehead atoms. The van der Waals surface area contributed by atoms with E-state index in [1.165, 1.54) is 18.2 Å². The minimum atomic E-state index is -0.689. The number of nitrogens with zero attached hydrogens (tertiary/aromatic N) is 1. The number of hydrogen-bond donors (Lipinski definition) is 0. The van der Waals surface area contributed by atoms with Crippen LogP contribution in [0, 0.1) is 16.0 Å². The third-order valence-electron chi connectivity index (χ3n) is 2.52. The Labute approximate surface area is 102 Å². The number of nitro benzene ring substituents is 1. The molecule has 1 saturated carbocycles. The van der Waals surface area contributed by atoms with E-state index in [9.17, 15) is 14.9 Å². The van der Waals surface area contributed by atoms with Gasteiger partial charge in [0, 0.05) is 11.1 Å². The summed E-state index contributed by atoms with van der Waals surface area (Å²) in [7, 11) is 0. The number of hydrogen-bond acceptors (Lipinski definition) is 4. The number of benzene rings is 1. The monoisotopic (exact) mass is 255 g/mol. The standard InChI is InChI=1S/C11H10ClNO4/c12-8-3-4-10(13(15)16)9(5-8)11(14)17-6-7-1-2-7/h3-5,7H,1-2,6H2.